The van der Waals surface area contributed by atoms with Crippen LogP contribution < -0.4 is 0 Å². The van der Waals surface area contributed by atoms with E-state index in [0.29, 0.717) is 27.5 Å². The molecule has 0 N–H and O–H groups in total. The molecule has 1 aliphatic heterocycles. The first-order valence-electron chi connectivity index (χ1n) is 27.3. The van der Waals surface area contributed by atoms with E-state index in [1.54, 1.807) is 42.5 Å². The van der Waals surface area contributed by atoms with Crippen LogP contribution in [0.5, 0.6) is 0 Å². The molecule has 0 aromatic heterocycles. The number of fused-ring (bicyclic) bond motifs is 14. The van der Waals surface area contributed by atoms with Gasteiger partial charge < -0.3 is 0 Å². The van der Waals surface area contributed by atoms with Crippen molar-refractivity contribution in [3.8, 4) is 55.6 Å². The average molecular weight is 697 g/mol. The summed E-state index contributed by atoms with van der Waals surface area (Å²) in [5.74, 6) is 0. The summed E-state index contributed by atoms with van der Waals surface area (Å²) in [7, 11) is 0. The van der Waals surface area contributed by atoms with Gasteiger partial charge in [0.15, 0.2) is 0 Å². The zero-order valence-electron chi connectivity index (χ0n) is 48.5. The molecule has 240 valence electrons. The Bertz CT molecular complexity index is 4230. The molecule has 1 spiro atoms. The maximum absolute atomic E-state index is 10.4. The first kappa shape index (κ1) is 14.8. The second-order valence-corrected chi connectivity index (χ2v) is 13.7. The highest BCUT2D eigenvalue weighted by molar-refractivity contribution is 7.99. The van der Waals surface area contributed by atoms with E-state index in [1.165, 1.54) is 11.8 Å². The zero-order valence-corrected chi connectivity index (χ0v) is 27.3. The fourth-order valence-corrected chi connectivity index (χ4v) is 9.27. The van der Waals surface area contributed by atoms with Crippen LogP contribution >= 0.6 is 11.8 Å². The monoisotopic (exact) mass is 696 g/mol. The Kier molecular flexibility index (Phi) is 2.98. The second kappa shape index (κ2) is 10.4. The van der Waals surface area contributed by atoms with Gasteiger partial charge in [-0.05, 0) is 118 Å². The van der Waals surface area contributed by atoms with Gasteiger partial charge in [0, 0.05) is 15.2 Å². The first-order valence-corrected chi connectivity index (χ1v) is 17.1. The van der Waals surface area contributed by atoms with Crippen LogP contribution in [0, 0.1) is 0 Å². The summed E-state index contributed by atoms with van der Waals surface area (Å²) in [6.45, 7) is 0. The molecule has 9 aromatic rings. The molecule has 1 heterocycles. The van der Waals surface area contributed by atoms with Gasteiger partial charge in [0.25, 0.3) is 0 Å². The molecule has 0 fully saturated rings. The Morgan fingerprint density at radius 3 is 2.08 bits per heavy atom. The largest absolute Gasteiger partial charge is 0.0888 e. The van der Waals surface area contributed by atoms with Crippen molar-refractivity contribution in [2.24, 2.45) is 0 Å². The highest BCUT2D eigenvalue weighted by Crippen LogP contribution is 2.64. The van der Waals surface area contributed by atoms with Crippen LogP contribution in [0.3, 0.4) is 0 Å². The fraction of sp³-hybridized carbons (Fsp3) is 0.0196. The number of hydrogen-bond acceptors (Lipinski definition) is 1. The van der Waals surface area contributed by atoms with Crippen molar-refractivity contribution in [1.29, 1.82) is 0 Å². The number of benzene rings is 9. The van der Waals surface area contributed by atoms with E-state index in [1.807, 2.05) is 6.07 Å². The Balaban J connectivity index is 1.22. The van der Waals surface area contributed by atoms with Crippen molar-refractivity contribution >= 4 is 33.3 Å². The van der Waals surface area contributed by atoms with Crippen molar-refractivity contribution in [2.75, 3.05) is 0 Å². The second-order valence-electron chi connectivity index (χ2n) is 12.7. The van der Waals surface area contributed by atoms with Gasteiger partial charge >= 0.3 is 0 Å². The molecule has 12 rings (SSSR count). The molecule has 0 nitrogen and oxygen atoms in total. The highest BCUT2D eigenvalue weighted by atomic mass is 32.2. The molecule has 2 aliphatic carbocycles. The smallest absolute Gasteiger partial charge is 0.0725 e. The van der Waals surface area contributed by atoms with Crippen molar-refractivity contribution in [1.82, 2.24) is 0 Å². The molecular formula is C51H30S. The number of hydrogen-bond donors (Lipinski definition) is 0. The van der Waals surface area contributed by atoms with E-state index >= 15 is 0 Å². The Morgan fingerprint density at radius 1 is 0.423 bits per heavy atom. The minimum absolute atomic E-state index is 0.00128. The van der Waals surface area contributed by atoms with Gasteiger partial charge in [0.1, 0.15) is 0 Å². The Labute approximate surface area is 338 Å². The molecule has 1 atom stereocenters. The summed E-state index contributed by atoms with van der Waals surface area (Å²) in [5.41, 5.74) is -4.20. The van der Waals surface area contributed by atoms with E-state index in [9.17, 15) is 13.7 Å². The van der Waals surface area contributed by atoms with Crippen LogP contribution in [0.1, 0.15) is 52.4 Å². The zero-order chi connectivity index (χ0) is 53.1. The van der Waals surface area contributed by atoms with Crippen LogP contribution in [0.15, 0.2) is 191 Å². The summed E-state index contributed by atoms with van der Waals surface area (Å²) in [6.07, 6.45) is 0. The summed E-state index contributed by atoms with van der Waals surface area (Å²) in [6, 6.07) is -0.985. The lowest BCUT2D eigenvalue weighted by Gasteiger charge is -2.31. The average Bonchev–Trinajstić information content (AvgIpc) is 3.99. The summed E-state index contributed by atoms with van der Waals surface area (Å²) in [5, 5.41) is 0.374. The SMILES string of the molecule is [2H]c1c([2H])c([2H])c(-c2ccc3c4c(cccc24)-c2cc(-c4c([2H])c([2H])c5c(c4[2H])C4(c6c([2H])c([2H])c([2H])c([2H])c6-5)c5c([2H])c([2H])c([2H])c([2H])c5-c5c4c([2H])c([2H])c4c([2H])c([2H])c([2H])c([2H])c54)ccc2S3)c([2H])c1[2H]. The number of rotatable bonds is 2. The van der Waals surface area contributed by atoms with E-state index in [4.69, 9.17) is 16.4 Å². The van der Waals surface area contributed by atoms with Gasteiger partial charge in [-0.25, -0.2) is 0 Å². The summed E-state index contributed by atoms with van der Waals surface area (Å²) < 4.78 is 201. The lowest BCUT2D eigenvalue weighted by molar-refractivity contribution is 0.795. The predicted octanol–water partition coefficient (Wildman–Crippen LogP) is 13.8. The third-order valence-electron chi connectivity index (χ3n) is 10.2. The van der Waals surface area contributed by atoms with Gasteiger partial charge in [-0.3, -0.25) is 0 Å². The Morgan fingerprint density at radius 2 is 1.17 bits per heavy atom. The maximum atomic E-state index is 10.4. The Hall–Kier alpha value is -6.15. The molecule has 0 saturated carbocycles. The van der Waals surface area contributed by atoms with Crippen LogP contribution in [0.4, 0.5) is 0 Å². The van der Waals surface area contributed by atoms with Gasteiger partial charge in [0.2, 0.25) is 0 Å². The molecular weight excluding hydrogens is 645 g/mol. The first-order chi connectivity index (χ1) is 34.9. The van der Waals surface area contributed by atoms with E-state index < -0.39 is 165 Å². The van der Waals surface area contributed by atoms with Gasteiger partial charge in [-0.15, -0.1) is 0 Å². The molecule has 0 amide bonds. The molecule has 1 unspecified atom stereocenters. The minimum atomic E-state index is -2.58. The van der Waals surface area contributed by atoms with Crippen molar-refractivity contribution in [2.45, 2.75) is 15.2 Å². The lowest BCUT2D eigenvalue weighted by Crippen LogP contribution is -2.25. The third kappa shape index (κ3) is 3.63. The van der Waals surface area contributed by atoms with Gasteiger partial charge in [0.05, 0.1) is 35.6 Å². The molecule has 0 bridgehead atoms. The standard InChI is InChI=1S/C51H30S/c1-2-11-31(12-3-1)35-25-28-48-50-39(35)17-10-18-40(50)42-29-33(23-27-47(42)52-48)34-21-24-38-37-15-6-8-19-43(37)51(46(38)30-34)44-20-9-7-16-41(44)49-36-14-5-4-13-32(36)22-26-45(49)51/h1-30H/i1D,2D,3D,4D,5D,6D,7D,8D,9D,11D,12D,13D,14D,15D,16D,19D,20D,21D,22D,24D,26D,30D. The quantitative estimate of drug-likeness (QED) is 0.173. The summed E-state index contributed by atoms with van der Waals surface area (Å²) in [4.78, 5) is 1.50. The van der Waals surface area contributed by atoms with Crippen molar-refractivity contribution in [3.63, 3.8) is 0 Å². The van der Waals surface area contributed by atoms with E-state index in [-0.39, 0.29) is 45.5 Å². The van der Waals surface area contributed by atoms with Crippen molar-refractivity contribution < 1.29 is 30.2 Å². The van der Waals surface area contributed by atoms with E-state index in [0.717, 1.165) is 9.79 Å². The fourth-order valence-electron chi connectivity index (χ4n) is 8.16. The third-order valence-corrected chi connectivity index (χ3v) is 11.4. The van der Waals surface area contributed by atoms with Crippen LogP contribution in [-0.2, 0) is 5.41 Å². The van der Waals surface area contributed by atoms with Crippen LogP contribution in [-0.4, -0.2) is 0 Å². The van der Waals surface area contributed by atoms with Gasteiger partial charge in [-0.2, -0.15) is 0 Å². The molecule has 0 saturated heterocycles. The molecule has 9 aromatic carbocycles. The summed E-state index contributed by atoms with van der Waals surface area (Å²) >= 11 is 1.37. The molecule has 0 radical (unpaired) electrons. The normalized spacial score (nSPS) is 21.6. The molecule has 52 heavy (non-hydrogen) atoms. The van der Waals surface area contributed by atoms with Crippen molar-refractivity contribution in [3.05, 3.63) is 204 Å². The maximum Gasteiger partial charge on any atom is 0.0725 e. The van der Waals surface area contributed by atoms with Crippen LogP contribution in [0.25, 0.3) is 77.2 Å². The lowest BCUT2D eigenvalue weighted by atomic mass is 9.70. The predicted molar refractivity (Wildman–Crippen MR) is 218 cm³/mol. The molecule has 3 aliphatic rings. The highest BCUT2D eigenvalue weighted by Gasteiger charge is 2.52. The van der Waals surface area contributed by atoms with E-state index in [2.05, 4.69) is 0 Å². The van der Waals surface area contributed by atoms with Gasteiger partial charge in [-0.1, -0.05) is 169 Å². The minimum Gasteiger partial charge on any atom is -0.0888 e. The molecule has 1 heteroatoms. The van der Waals surface area contributed by atoms with Crippen LogP contribution in [0.2, 0.25) is 0 Å². The topological polar surface area (TPSA) is 0 Å².